The smallest absolute Gasteiger partial charge is 0.130 e. The molecule has 0 fully saturated rings. The summed E-state index contributed by atoms with van der Waals surface area (Å²) >= 11 is 0. The lowest BCUT2D eigenvalue weighted by molar-refractivity contribution is 0.339. The first-order valence-corrected chi connectivity index (χ1v) is 11.7. The van der Waals surface area contributed by atoms with E-state index in [1.165, 1.54) is 0 Å². The second-order valence-electron chi connectivity index (χ2n) is 7.14. The highest BCUT2D eigenvalue weighted by molar-refractivity contribution is 5.87. The third-order valence-corrected chi connectivity index (χ3v) is 5.31. The maximum Gasteiger partial charge on any atom is 0.130 e. The molecule has 0 spiro atoms. The summed E-state index contributed by atoms with van der Waals surface area (Å²) in [5, 5.41) is 8.54. The molecule has 6 heteroatoms. The molecule has 0 saturated carbocycles. The molecule has 0 bridgehead atoms. The van der Waals surface area contributed by atoms with Crippen LogP contribution in [-0.4, -0.2) is 51.8 Å². The van der Waals surface area contributed by atoms with E-state index in [9.17, 15) is 0 Å². The minimum Gasteiger partial charge on any atom is -0.493 e. The second kappa shape index (κ2) is 13.4. The molecular formula is C26H38N4O2. The highest BCUT2D eigenvalue weighted by Crippen LogP contribution is 2.26. The van der Waals surface area contributed by atoms with Crippen LogP contribution in [0.2, 0.25) is 0 Å². The molecule has 2 aromatic carbocycles. The van der Waals surface area contributed by atoms with Crippen molar-refractivity contribution in [3.63, 3.8) is 0 Å². The molecule has 174 valence electrons. The van der Waals surface area contributed by atoms with E-state index < -0.39 is 0 Å². The molecule has 6 nitrogen and oxygen atoms in total. The van der Waals surface area contributed by atoms with Crippen LogP contribution in [0.3, 0.4) is 0 Å². The standard InChI is InChI=1S/C26H38N4O2/c1-7-29(8-2)23-15-13-21(25(17-23)31-11-5)19-27-28-20-22-14-16-24(30(9-3)10-4)18-26(22)32-12-6/h13-20H,7-12H2,1-6H3/b27-19+,28-20+. The van der Waals surface area contributed by atoms with Gasteiger partial charge in [0.05, 0.1) is 25.6 Å². The summed E-state index contributed by atoms with van der Waals surface area (Å²) in [6, 6.07) is 12.4. The van der Waals surface area contributed by atoms with Gasteiger partial charge in [-0.3, -0.25) is 0 Å². The molecule has 0 aromatic heterocycles. The molecule has 0 unspecified atom stereocenters. The number of anilines is 2. The monoisotopic (exact) mass is 438 g/mol. The lowest BCUT2D eigenvalue weighted by Gasteiger charge is -2.22. The highest BCUT2D eigenvalue weighted by atomic mass is 16.5. The summed E-state index contributed by atoms with van der Waals surface area (Å²) in [5.41, 5.74) is 4.10. The largest absolute Gasteiger partial charge is 0.493 e. The van der Waals surface area contributed by atoms with Gasteiger partial charge in [0.25, 0.3) is 0 Å². The van der Waals surface area contributed by atoms with Crippen molar-refractivity contribution in [3.05, 3.63) is 47.5 Å². The van der Waals surface area contributed by atoms with Crippen molar-refractivity contribution in [1.82, 2.24) is 0 Å². The summed E-state index contributed by atoms with van der Waals surface area (Å²) in [6.07, 6.45) is 3.47. The van der Waals surface area contributed by atoms with Crippen LogP contribution in [-0.2, 0) is 0 Å². The van der Waals surface area contributed by atoms with Crippen LogP contribution in [0.5, 0.6) is 11.5 Å². The Hall–Kier alpha value is -3.02. The van der Waals surface area contributed by atoms with Crippen molar-refractivity contribution in [3.8, 4) is 11.5 Å². The summed E-state index contributed by atoms with van der Waals surface area (Å²) in [4.78, 5) is 4.58. The van der Waals surface area contributed by atoms with Gasteiger partial charge in [0, 0.05) is 60.8 Å². The maximum atomic E-state index is 5.85. The van der Waals surface area contributed by atoms with Gasteiger partial charge < -0.3 is 19.3 Å². The number of ether oxygens (including phenoxy) is 2. The molecule has 0 atom stereocenters. The Labute approximate surface area is 193 Å². The predicted molar refractivity (Wildman–Crippen MR) is 138 cm³/mol. The zero-order chi connectivity index (χ0) is 23.3. The summed E-state index contributed by atoms with van der Waals surface area (Å²) in [7, 11) is 0. The molecule has 0 heterocycles. The molecule has 0 radical (unpaired) electrons. The van der Waals surface area contributed by atoms with E-state index in [1.54, 1.807) is 12.4 Å². The zero-order valence-corrected chi connectivity index (χ0v) is 20.5. The fourth-order valence-electron chi connectivity index (χ4n) is 3.58. The zero-order valence-electron chi connectivity index (χ0n) is 20.5. The normalized spacial score (nSPS) is 11.3. The fourth-order valence-corrected chi connectivity index (χ4v) is 3.58. The minimum absolute atomic E-state index is 0.600. The van der Waals surface area contributed by atoms with Crippen molar-refractivity contribution in [2.75, 3.05) is 49.2 Å². The van der Waals surface area contributed by atoms with Crippen LogP contribution in [0.1, 0.15) is 52.7 Å². The number of hydrogen-bond acceptors (Lipinski definition) is 6. The Kier molecular flexibility index (Phi) is 10.6. The average molecular weight is 439 g/mol. The third-order valence-electron chi connectivity index (χ3n) is 5.31. The topological polar surface area (TPSA) is 49.7 Å². The Morgan fingerprint density at radius 2 is 1.00 bits per heavy atom. The Bertz CT molecular complexity index is 814. The molecule has 0 saturated heterocycles. The molecule has 0 amide bonds. The molecule has 0 aliphatic rings. The first-order chi connectivity index (χ1) is 15.6. The molecule has 0 aliphatic heterocycles. The van der Waals surface area contributed by atoms with Gasteiger partial charge in [-0.2, -0.15) is 10.2 Å². The van der Waals surface area contributed by atoms with Gasteiger partial charge in [0.1, 0.15) is 11.5 Å². The van der Waals surface area contributed by atoms with E-state index in [2.05, 4.69) is 72.0 Å². The minimum atomic E-state index is 0.600. The summed E-state index contributed by atoms with van der Waals surface area (Å²) in [5.74, 6) is 1.63. The van der Waals surface area contributed by atoms with Gasteiger partial charge >= 0.3 is 0 Å². The van der Waals surface area contributed by atoms with Gasteiger partial charge in [-0.05, 0) is 65.8 Å². The quantitative estimate of drug-likeness (QED) is 0.300. The summed E-state index contributed by atoms with van der Waals surface area (Å²) in [6.45, 7) is 17.6. The molecule has 0 N–H and O–H groups in total. The Balaban J connectivity index is 2.23. The number of benzene rings is 2. The fraction of sp³-hybridized carbons (Fsp3) is 0.462. The van der Waals surface area contributed by atoms with Crippen molar-refractivity contribution < 1.29 is 9.47 Å². The van der Waals surface area contributed by atoms with Gasteiger partial charge in [-0.1, -0.05) is 0 Å². The average Bonchev–Trinajstić information content (AvgIpc) is 2.81. The molecular weight excluding hydrogens is 400 g/mol. The van der Waals surface area contributed by atoms with E-state index >= 15 is 0 Å². The van der Waals surface area contributed by atoms with Crippen LogP contribution in [0.25, 0.3) is 0 Å². The molecule has 2 aromatic rings. The lowest BCUT2D eigenvalue weighted by atomic mass is 10.1. The van der Waals surface area contributed by atoms with Gasteiger partial charge in [-0.25, -0.2) is 0 Å². The van der Waals surface area contributed by atoms with E-state index in [0.717, 1.165) is 60.2 Å². The predicted octanol–water partition coefficient (Wildman–Crippen LogP) is 5.63. The van der Waals surface area contributed by atoms with E-state index in [0.29, 0.717) is 13.2 Å². The second-order valence-corrected chi connectivity index (χ2v) is 7.14. The van der Waals surface area contributed by atoms with Crippen LogP contribution >= 0.6 is 0 Å². The first-order valence-electron chi connectivity index (χ1n) is 11.7. The number of nitrogens with zero attached hydrogens (tertiary/aromatic N) is 4. The van der Waals surface area contributed by atoms with Crippen molar-refractivity contribution in [2.24, 2.45) is 10.2 Å². The summed E-state index contributed by atoms with van der Waals surface area (Å²) < 4.78 is 11.7. The first kappa shape index (κ1) is 25.2. The Morgan fingerprint density at radius 3 is 1.31 bits per heavy atom. The number of rotatable bonds is 13. The Morgan fingerprint density at radius 1 is 0.625 bits per heavy atom. The molecule has 2 rings (SSSR count). The lowest BCUT2D eigenvalue weighted by Crippen LogP contribution is -2.21. The van der Waals surface area contributed by atoms with Crippen LogP contribution in [0.4, 0.5) is 11.4 Å². The highest BCUT2D eigenvalue weighted by Gasteiger charge is 2.09. The van der Waals surface area contributed by atoms with Gasteiger partial charge in [0.2, 0.25) is 0 Å². The third kappa shape index (κ3) is 6.74. The van der Waals surface area contributed by atoms with Crippen LogP contribution in [0, 0.1) is 0 Å². The van der Waals surface area contributed by atoms with E-state index in [1.807, 2.05) is 26.0 Å². The van der Waals surface area contributed by atoms with Crippen molar-refractivity contribution >= 4 is 23.8 Å². The van der Waals surface area contributed by atoms with E-state index in [-0.39, 0.29) is 0 Å². The van der Waals surface area contributed by atoms with Crippen molar-refractivity contribution in [2.45, 2.75) is 41.5 Å². The van der Waals surface area contributed by atoms with Crippen LogP contribution in [0.15, 0.2) is 46.6 Å². The van der Waals surface area contributed by atoms with Gasteiger partial charge in [-0.15, -0.1) is 0 Å². The SMILES string of the molecule is CCOc1cc(N(CC)CC)ccc1/C=N/N=C/c1ccc(N(CC)CC)cc1OCC. The maximum absolute atomic E-state index is 5.85. The number of hydrogen-bond donors (Lipinski definition) is 0. The van der Waals surface area contributed by atoms with Crippen LogP contribution < -0.4 is 19.3 Å². The van der Waals surface area contributed by atoms with E-state index in [4.69, 9.17) is 9.47 Å². The molecule has 32 heavy (non-hydrogen) atoms. The van der Waals surface area contributed by atoms with Crippen molar-refractivity contribution in [1.29, 1.82) is 0 Å². The molecule has 0 aliphatic carbocycles. The van der Waals surface area contributed by atoms with Gasteiger partial charge in [0.15, 0.2) is 0 Å².